The molecule has 2 nitrogen and oxygen atoms in total. The maximum atomic E-state index is 13.7. The monoisotopic (exact) mass is 279 g/mol. The molecule has 0 aliphatic heterocycles. The Morgan fingerprint density at radius 2 is 1.43 bits per heavy atom. The van der Waals surface area contributed by atoms with Crippen LogP contribution in [0.1, 0.15) is 0 Å². The van der Waals surface area contributed by atoms with Gasteiger partial charge in [0.15, 0.2) is 11.6 Å². The van der Waals surface area contributed by atoms with Gasteiger partial charge in [-0.2, -0.15) is 0 Å². The van der Waals surface area contributed by atoms with Gasteiger partial charge in [-0.3, -0.25) is 0 Å². The number of halogens is 1. The summed E-state index contributed by atoms with van der Waals surface area (Å²) < 4.78 is 19.2. The zero-order valence-electron chi connectivity index (χ0n) is 11.3. The molecule has 0 aromatic heterocycles. The first-order valence-electron chi connectivity index (χ1n) is 6.61. The van der Waals surface area contributed by atoms with E-state index in [4.69, 9.17) is 10.5 Å². The lowest BCUT2D eigenvalue weighted by atomic mass is 10.1. The molecule has 3 aromatic carbocycles. The minimum absolute atomic E-state index is 0.164. The molecule has 0 radical (unpaired) electrons. The average molecular weight is 279 g/mol. The fraction of sp³-hybridized carbons (Fsp3) is 0. The molecule has 3 aromatic rings. The van der Waals surface area contributed by atoms with Crippen molar-refractivity contribution in [1.82, 2.24) is 0 Å². The van der Waals surface area contributed by atoms with Crippen LogP contribution in [0.2, 0.25) is 0 Å². The number of nitrogen functional groups attached to an aromatic ring is 1. The Morgan fingerprint density at radius 1 is 0.762 bits per heavy atom. The van der Waals surface area contributed by atoms with Gasteiger partial charge in [-0.15, -0.1) is 0 Å². The molecule has 0 atom stereocenters. The molecule has 21 heavy (non-hydrogen) atoms. The van der Waals surface area contributed by atoms with Crippen LogP contribution >= 0.6 is 0 Å². The molecule has 0 aliphatic rings. The van der Waals surface area contributed by atoms with Crippen LogP contribution in [-0.4, -0.2) is 0 Å². The summed E-state index contributed by atoms with van der Waals surface area (Å²) >= 11 is 0. The lowest BCUT2D eigenvalue weighted by Crippen LogP contribution is -1.91. The minimum Gasteiger partial charge on any atom is -0.454 e. The third kappa shape index (κ3) is 3.03. The quantitative estimate of drug-likeness (QED) is 0.694. The summed E-state index contributed by atoms with van der Waals surface area (Å²) in [6, 6.07) is 21.9. The van der Waals surface area contributed by atoms with Gasteiger partial charge in [0.1, 0.15) is 5.75 Å². The second kappa shape index (κ2) is 5.67. The summed E-state index contributed by atoms with van der Waals surface area (Å²) in [6.07, 6.45) is 0. The van der Waals surface area contributed by atoms with Gasteiger partial charge in [0.25, 0.3) is 0 Å². The van der Waals surface area contributed by atoms with Crippen molar-refractivity contribution in [1.29, 1.82) is 0 Å². The molecule has 3 heteroatoms. The molecule has 0 unspecified atom stereocenters. The number of ether oxygens (including phenoxy) is 1. The smallest absolute Gasteiger partial charge is 0.167 e. The van der Waals surface area contributed by atoms with Crippen LogP contribution in [0.4, 0.5) is 10.1 Å². The van der Waals surface area contributed by atoms with Gasteiger partial charge >= 0.3 is 0 Å². The van der Waals surface area contributed by atoms with Gasteiger partial charge in [-0.1, -0.05) is 42.5 Å². The first-order valence-corrected chi connectivity index (χ1v) is 6.61. The summed E-state index contributed by atoms with van der Waals surface area (Å²) in [6.45, 7) is 0. The number of nitrogens with two attached hydrogens (primary N) is 1. The van der Waals surface area contributed by atoms with Crippen molar-refractivity contribution in [3.05, 3.63) is 78.6 Å². The first-order chi connectivity index (χ1) is 10.2. The van der Waals surface area contributed by atoms with Gasteiger partial charge in [0, 0.05) is 11.8 Å². The maximum Gasteiger partial charge on any atom is 0.167 e. The molecule has 0 aliphatic carbocycles. The molecule has 0 fully saturated rings. The summed E-state index contributed by atoms with van der Waals surface area (Å²) in [7, 11) is 0. The molecule has 0 spiro atoms. The Balaban J connectivity index is 1.81. The second-order valence-electron chi connectivity index (χ2n) is 4.68. The topological polar surface area (TPSA) is 35.2 Å². The second-order valence-corrected chi connectivity index (χ2v) is 4.68. The number of hydrogen-bond donors (Lipinski definition) is 1. The Labute approximate surface area is 122 Å². The van der Waals surface area contributed by atoms with Gasteiger partial charge in [-0.05, 0) is 35.4 Å². The molecule has 0 saturated heterocycles. The Kier molecular flexibility index (Phi) is 3.56. The van der Waals surface area contributed by atoms with Crippen molar-refractivity contribution in [2.45, 2.75) is 0 Å². The van der Waals surface area contributed by atoms with Gasteiger partial charge in [-0.25, -0.2) is 4.39 Å². The highest BCUT2D eigenvalue weighted by Crippen LogP contribution is 2.28. The van der Waals surface area contributed by atoms with Crippen LogP contribution in [-0.2, 0) is 0 Å². The van der Waals surface area contributed by atoms with Crippen molar-refractivity contribution < 1.29 is 9.13 Å². The van der Waals surface area contributed by atoms with Crippen molar-refractivity contribution >= 4 is 5.69 Å². The normalized spacial score (nSPS) is 10.3. The molecule has 104 valence electrons. The van der Waals surface area contributed by atoms with Crippen LogP contribution in [0.5, 0.6) is 11.5 Å². The molecular weight excluding hydrogens is 265 g/mol. The van der Waals surface area contributed by atoms with Crippen LogP contribution < -0.4 is 10.5 Å². The van der Waals surface area contributed by atoms with Gasteiger partial charge < -0.3 is 10.5 Å². The predicted octanol–water partition coefficient (Wildman–Crippen LogP) is 4.87. The van der Waals surface area contributed by atoms with Crippen molar-refractivity contribution in [3.63, 3.8) is 0 Å². The summed E-state index contributed by atoms with van der Waals surface area (Å²) in [4.78, 5) is 0. The maximum absolute atomic E-state index is 13.7. The van der Waals surface area contributed by atoms with E-state index in [9.17, 15) is 4.39 Å². The molecule has 2 N–H and O–H groups in total. The zero-order valence-corrected chi connectivity index (χ0v) is 11.3. The first kappa shape index (κ1) is 13.2. The van der Waals surface area contributed by atoms with Crippen LogP contribution in [0, 0.1) is 5.82 Å². The Hall–Kier alpha value is -2.81. The van der Waals surface area contributed by atoms with E-state index in [1.54, 1.807) is 6.07 Å². The highest BCUT2D eigenvalue weighted by Gasteiger charge is 2.05. The zero-order chi connectivity index (χ0) is 14.7. The highest BCUT2D eigenvalue weighted by molar-refractivity contribution is 5.64. The minimum atomic E-state index is -0.470. The summed E-state index contributed by atoms with van der Waals surface area (Å²) in [5.74, 6) is 0.275. The largest absolute Gasteiger partial charge is 0.454 e. The Morgan fingerprint density at radius 3 is 2.10 bits per heavy atom. The SMILES string of the molecule is Nc1ccc(Oc2ccc(-c3ccccc3)cc2)c(F)c1. The third-order valence-corrected chi connectivity index (χ3v) is 3.15. The number of anilines is 1. The predicted molar refractivity (Wildman–Crippen MR) is 82.8 cm³/mol. The van der Waals surface area contributed by atoms with E-state index in [1.807, 2.05) is 54.6 Å². The van der Waals surface area contributed by atoms with Crippen molar-refractivity contribution in [3.8, 4) is 22.6 Å². The fourth-order valence-electron chi connectivity index (χ4n) is 2.07. The molecule has 0 heterocycles. The lowest BCUT2D eigenvalue weighted by molar-refractivity contribution is 0.442. The van der Waals surface area contributed by atoms with Gasteiger partial charge in [0.2, 0.25) is 0 Å². The molecule has 3 rings (SSSR count). The third-order valence-electron chi connectivity index (χ3n) is 3.15. The average Bonchev–Trinajstić information content (AvgIpc) is 2.52. The van der Waals surface area contributed by atoms with E-state index in [1.165, 1.54) is 12.1 Å². The molecule has 0 bridgehead atoms. The highest BCUT2D eigenvalue weighted by atomic mass is 19.1. The number of benzene rings is 3. The van der Waals surface area contributed by atoms with Crippen LogP contribution in [0.3, 0.4) is 0 Å². The van der Waals surface area contributed by atoms with E-state index >= 15 is 0 Å². The van der Waals surface area contributed by atoms with Crippen LogP contribution in [0.25, 0.3) is 11.1 Å². The molecule has 0 saturated carbocycles. The van der Waals surface area contributed by atoms with Crippen molar-refractivity contribution in [2.24, 2.45) is 0 Å². The lowest BCUT2D eigenvalue weighted by Gasteiger charge is -2.08. The fourth-order valence-corrected chi connectivity index (χ4v) is 2.07. The molecular formula is C18H14FNO. The number of hydrogen-bond acceptors (Lipinski definition) is 2. The molecule has 0 amide bonds. The van der Waals surface area contributed by atoms with Gasteiger partial charge in [0.05, 0.1) is 0 Å². The standard InChI is InChI=1S/C18H14FNO/c19-17-12-15(20)8-11-18(17)21-16-9-6-14(7-10-16)13-4-2-1-3-5-13/h1-12H,20H2. The van der Waals surface area contributed by atoms with E-state index in [0.29, 0.717) is 11.4 Å². The van der Waals surface area contributed by atoms with E-state index in [-0.39, 0.29) is 5.75 Å². The Bertz CT molecular complexity index is 739. The number of rotatable bonds is 3. The summed E-state index contributed by atoms with van der Waals surface area (Å²) in [5, 5.41) is 0. The van der Waals surface area contributed by atoms with E-state index in [2.05, 4.69) is 0 Å². The van der Waals surface area contributed by atoms with E-state index in [0.717, 1.165) is 11.1 Å². The summed E-state index contributed by atoms with van der Waals surface area (Å²) in [5.41, 5.74) is 8.10. The van der Waals surface area contributed by atoms with Crippen molar-refractivity contribution in [2.75, 3.05) is 5.73 Å². The van der Waals surface area contributed by atoms with E-state index < -0.39 is 5.82 Å². The van der Waals surface area contributed by atoms with Crippen LogP contribution in [0.15, 0.2) is 72.8 Å².